The summed E-state index contributed by atoms with van der Waals surface area (Å²) in [4.78, 5) is 20.9. The molecule has 1 aromatic rings. The Kier molecular flexibility index (Phi) is 3.13. The molecule has 0 aliphatic heterocycles. The first kappa shape index (κ1) is 11.4. The number of hydrogen-bond donors (Lipinski definition) is 1. The van der Waals surface area contributed by atoms with E-state index in [0.29, 0.717) is 0 Å². The predicted molar refractivity (Wildman–Crippen MR) is 55.7 cm³/mol. The molecule has 0 aromatic carbocycles. The Morgan fingerprint density at radius 2 is 2.00 bits per heavy atom. The first-order chi connectivity index (χ1) is 6.32. The average Bonchev–Trinajstić information content (AvgIpc) is 2.01. The van der Waals surface area contributed by atoms with Crippen LogP contribution in [0.3, 0.4) is 0 Å². The zero-order valence-electron chi connectivity index (χ0n) is 8.47. The van der Waals surface area contributed by atoms with Crippen molar-refractivity contribution in [1.29, 1.82) is 0 Å². The molecule has 14 heavy (non-hydrogen) atoms. The molecule has 0 spiro atoms. The molecule has 0 aliphatic rings. The van der Waals surface area contributed by atoms with Crippen LogP contribution in [0.1, 0.15) is 10.4 Å². The van der Waals surface area contributed by atoms with Crippen molar-refractivity contribution in [1.82, 2.24) is 4.98 Å². The van der Waals surface area contributed by atoms with Crippen LogP contribution >= 0.6 is 0 Å². The molecule has 1 rings (SSSR count). The molecule has 1 aromatic heterocycles. The standard InChI is InChI=1S/C6H4FN2O.3CH3.Sn/c7-5-4(6(8)10)2-1-3-9-5;;;;/h1-2H,(H2,8,10);3*1H3;. The molecule has 0 aliphatic carbocycles. The van der Waals surface area contributed by atoms with Gasteiger partial charge in [-0.2, -0.15) is 0 Å². The molecule has 76 valence electrons. The molecule has 0 bridgehead atoms. The van der Waals surface area contributed by atoms with Crippen molar-refractivity contribution in [3.63, 3.8) is 0 Å². The van der Waals surface area contributed by atoms with Crippen molar-refractivity contribution < 1.29 is 9.18 Å². The maximum absolute atomic E-state index is 13.3. The van der Waals surface area contributed by atoms with Gasteiger partial charge in [-0.3, -0.25) is 0 Å². The summed E-state index contributed by atoms with van der Waals surface area (Å²) in [6.07, 6.45) is 0. The molecule has 0 radical (unpaired) electrons. The second-order valence-corrected chi connectivity index (χ2v) is 18.5. The van der Waals surface area contributed by atoms with E-state index >= 15 is 0 Å². The average molecular weight is 303 g/mol. The van der Waals surface area contributed by atoms with Gasteiger partial charge < -0.3 is 0 Å². The summed E-state index contributed by atoms with van der Waals surface area (Å²) in [5, 5.41) is 0. The molecule has 0 atom stereocenters. The van der Waals surface area contributed by atoms with Crippen LogP contribution in [0.25, 0.3) is 0 Å². The molecule has 1 heterocycles. The number of rotatable bonds is 2. The van der Waals surface area contributed by atoms with Gasteiger partial charge in [0, 0.05) is 0 Å². The molecular weight excluding hydrogens is 290 g/mol. The van der Waals surface area contributed by atoms with Crippen LogP contribution in [0.5, 0.6) is 0 Å². The van der Waals surface area contributed by atoms with Crippen molar-refractivity contribution >= 4 is 28.0 Å². The van der Waals surface area contributed by atoms with Gasteiger partial charge in [-0.1, -0.05) is 0 Å². The van der Waals surface area contributed by atoms with E-state index in [1.54, 1.807) is 6.07 Å². The Hall–Kier alpha value is -0.651. The summed E-state index contributed by atoms with van der Waals surface area (Å²) in [5.74, 6) is -1.52. The molecule has 1 amide bonds. The topological polar surface area (TPSA) is 56.0 Å². The van der Waals surface area contributed by atoms with Crippen LogP contribution in [-0.4, -0.2) is 29.3 Å². The molecule has 3 nitrogen and oxygen atoms in total. The van der Waals surface area contributed by atoms with E-state index in [-0.39, 0.29) is 5.56 Å². The number of nitrogens with two attached hydrogens (primary N) is 1. The third-order valence-corrected chi connectivity index (χ3v) is 7.06. The molecule has 5 heteroatoms. The Bertz CT molecular complexity index is 374. The Morgan fingerprint density at radius 3 is 2.36 bits per heavy atom. The Morgan fingerprint density at radius 1 is 1.43 bits per heavy atom. The van der Waals surface area contributed by atoms with Crippen LogP contribution in [-0.2, 0) is 0 Å². The van der Waals surface area contributed by atoms with E-state index in [2.05, 4.69) is 19.8 Å². The minimum atomic E-state index is -2.34. The fourth-order valence-electron chi connectivity index (χ4n) is 1.04. The number of amides is 1. The van der Waals surface area contributed by atoms with Crippen LogP contribution < -0.4 is 9.44 Å². The van der Waals surface area contributed by atoms with Gasteiger partial charge in [-0.25, -0.2) is 0 Å². The van der Waals surface area contributed by atoms with Gasteiger partial charge >= 0.3 is 86.4 Å². The monoisotopic (exact) mass is 304 g/mol. The van der Waals surface area contributed by atoms with E-state index in [1.165, 1.54) is 6.07 Å². The van der Waals surface area contributed by atoms with E-state index in [1.807, 2.05) is 0 Å². The number of carbonyl (C=O) groups is 1. The van der Waals surface area contributed by atoms with E-state index in [0.717, 1.165) is 3.71 Å². The van der Waals surface area contributed by atoms with Gasteiger partial charge in [-0.05, 0) is 0 Å². The van der Waals surface area contributed by atoms with Crippen molar-refractivity contribution in [3.05, 3.63) is 23.6 Å². The predicted octanol–water partition coefficient (Wildman–Crippen LogP) is 0.865. The second kappa shape index (κ2) is 3.84. The fourth-order valence-corrected chi connectivity index (χ4v) is 3.94. The summed E-state index contributed by atoms with van der Waals surface area (Å²) >= 11 is -2.34. The van der Waals surface area contributed by atoms with Crippen LogP contribution in [0, 0.1) is 5.95 Å². The van der Waals surface area contributed by atoms with E-state index in [4.69, 9.17) is 5.73 Å². The first-order valence-electron chi connectivity index (χ1n) is 4.29. The van der Waals surface area contributed by atoms with E-state index < -0.39 is 30.2 Å². The van der Waals surface area contributed by atoms with E-state index in [9.17, 15) is 9.18 Å². The summed E-state index contributed by atoms with van der Waals surface area (Å²) in [6.45, 7) is 0. The van der Waals surface area contributed by atoms with Crippen LogP contribution in [0.15, 0.2) is 12.1 Å². The van der Waals surface area contributed by atoms with Gasteiger partial charge in [0.1, 0.15) is 0 Å². The molecule has 0 saturated heterocycles. The first-order valence-corrected chi connectivity index (χ1v) is 14.3. The number of primary amides is 1. The number of halogens is 1. The summed E-state index contributed by atoms with van der Waals surface area (Å²) in [7, 11) is 0. The van der Waals surface area contributed by atoms with Crippen molar-refractivity contribution in [3.8, 4) is 0 Å². The van der Waals surface area contributed by atoms with Gasteiger partial charge in [0.05, 0.1) is 0 Å². The maximum atomic E-state index is 13.3. The number of pyridine rings is 1. The molecule has 0 fully saturated rings. The zero-order chi connectivity index (χ0) is 10.9. The summed E-state index contributed by atoms with van der Waals surface area (Å²) in [6, 6.07) is 3.13. The van der Waals surface area contributed by atoms with Crippen LogP contribution in [0.2, 0.25) is 14.8 Å². The van der Waals surface area contributed by atoms with Gasteiger partial charge in [0.15, 0.2) is 0 Å². The molecule has 0 unspecified atom stereocenters. The zero-order valence-corrected chi connectivity index (χ0v) is 11.3. The summed E-state index contributed by atoms with van der Waals surface area (Å²) < 4.78 is 14.1. The van der Waals surface area contributed by atoms with Crippen molar-refractivity contribution in [2.75, 3.05) is 0 Å². The van der Waals surface area contributed by atoms with Gasteiger partial charge in [-0.15, -0.1) is 0 Å². The van der Waals surface area contributed by atoms with Crippen molar-refractivity contribution in [2.24, 2.45) is 5.73 Å². The summed E-state index contributed by atoms with van der Waals surface area (Å²) in [5.41, 5.74) is 4.84. The number of carbonyl (C=O) groups excluding carboxylic acids is 1. The molecular formula is C9H13FN2OSn. The molecule has 0 saturated carbocycles. The van der Waals surface area contributed by atoms with Crippen molar-refractivity contribution in [2.45, 2.75) is 14.8 Å². The second-order valence-electron chi connectivity index (χ2n) is 4.15. The Balaban J connectivity index is 3.20. The minimum absolute atomic E-state index is 0.135. The number of nitrogens with zero attached hydrogens (tertiary/aromatic N) is 1. The fraction of sp³-hybridized carbons (Fsp3) is 0.333. The third-order valence-electron chi connectivity index (χ3n) is 1.88. The third kappa shape index (κ3) is 2.43. The SMILES string of the molecule is [CH3][Sn]([CH3])([CH3])[c]1ccc(C(N)=O)c(F)n1. The Labute approximate surface area is 86.4 Å². The normalized spacial score (nSPS) is 11.4. The number of hydrogen-bond acceptors (Lipinski definition) is 2. The van der Waals surface area contributed by atoms with Crippen LogP contribution in [0.4, 0.5) is 4.39 Å². The quantitative estimate of drug-likeness (QED) is 0.651. The van der Waals surface area contributed by atoms with Gasteiger partial charge in [0.25, 0.3) is 0 Å². The molecule has 2 N–H and O–H groups in total. The number of aromatic nitrogens is 1. The van der Waals surface area contributed by atoms with Gasteiger partial charge in [0.2, 0.25) is 0 Å².